The Morgan fingerprint density at radius 2 is 2.05 bits per heavy atom. The van der Waals surface area contributed by atoms with Crippen molar-refractivity contribution in [1.29, 1.82) is 0 Å². The van der Waals surface area contributed by atoms with E-state index >= 15 is 0 Å². The van der Waals surface area contributed by atoms with E-state index in [0.717, 1.165) is 28.0 Å². The summed E-state index contributed by atoms with van der Waals surface area (Å²) in [6.45, 7) is 4.08. The maximum Gasteiger partial charge on any atom is 0.325 e. The number of para-hydroxylation sites is 1. The van der Waals surface area contributed by atoms with Crippen molar-refractivity contribution in [2.45, 2.75) is 26.8 Å². The molecule has 0 aliphatic carbocycles. The van der Waals surface area contributed by atoms with Gasteiger partial charge in [-0.15, -0.1) is 0 Å². The number of carbonyl (C=O) groups excluding carboxylic acids is 1. The van der Waals surface area contributed by atoms with Gasteiger partial charge in [0.25, 0.3) is 0 Å². The van der Waals surface area contributed by atoms with Crippen LogP contribution in [-0.4, -0.2) is 20.4 Å². The first-order chi connectivity index (χ1) is 10.6. The Kier molecular flexibility index (Phi) is 3.58. The minimum Gasteiger partial charge on any atom is -0.359 e. The van der Waals surface area contributed by atoms with E-state index in [4.69, 9.17) is 0 Å². The van der Waals surface area contributed by atoms with Gasteiger partial charge in [-0.25, -0.2) is 4.79 Å². The second-order valence-electron chi connectivity index (χ2n) is 5.34. The van der Waals surface area contributed by atoms with Crippen molar-refractivity contribution in [2.24, 2.45) is 0 Å². The number of amides is 1. The van der Waals surface area contributed by atoms with E-state index in [1.807, 2.05) is 38.1 Å². The molecule has 0 saturated carbocycles. The van der Waals surface area contributed by atoms with Crippen molar-refractivity contribution in [3.63, 3.8) is 0 Å². The quantitative estimate of drug-likeness (QED) is 0.690. The lowest BCUT2D eigenvalue weighted by atomic mass is 10.2. The number of H-pyrrole nitrogens is 2. The average Bonchev–Trinajstić information content (AvgIpc) is 3.00. The first-order valence-corrected chi connectivity index (χ1v) is 7.18. The summed E-state index contributed by atoms with van der Waals surface area (Å²) < 4.78 is 1.59. The van der Waals surface area contributed by atoms with Gasteiger partial charge < -0.3 is 15.3 Å². The smallest absolute Gasteiger partial charge is 0.325 e. The zero-order valence-corrected chi connectivity index (χ0v) is 12.6. The Labute approximate surface area is 127 Å². The molecule has 0 spiro atoms. The van der Waals surface area contributed by atoms with Crippen molar-refractivity contribution < 1.29 is 4.79 Å². The fourth-order valence-corrected chi connectivity index (χ4v) is 2.54. The zero-order valence-electron chi connectivity index (χ0n) is 12.6. The van der Waals surface area contributed by atoms with E-state index in [0.29, 0.717) is 6.54 Å². The van der Waals surface area contributed by atoms with Crippen LogP contribution >= 0.6 is 0 Å². The molecule has 22 heavy (non-hydrogen) atoms. The molecule has 6 heteroatoms. The third kappa shape index (κ3) is 2.55. The lowest BCUT2D eigenvalue weighted by Gasteiger charge is -2.06. The highest BCUT2D eigenvalue weighted by molar-refractivity contribution is 6.01. The normalized spacial score (nSPS) is 11.0. The van der Waals surface area contributed by atoms with Gasteiger partial charge in [0.15, 0.2) is 0 Å². The van der Waals surface area contributed by atoms with Crippen LogP contribution in [0.25, 0.3) is 10.9 Å². The van der Waals surface area contributed by atoms with E-state index in [-0.39, 0.29) is 18.0 Å². The van der Waals surface area contributed by atoms with Crippen molar-refractivity contribution in [1.82, 2.24) is 14.5 Å². The number of aromatic amines is 2. The minimum atomic E-state index is -0.171. The van der Waals surface area contributed by atoms with Gasteiger partial charge in [0.05, 0.1) is 5.69 Å². The fraction of sp³-hybridized carbons (Fsp3) is 0.250. The third-order valence-corrected chi connectivity index (χ3v) is 3.91. The highest BCUT2D eigenvalue weighted by Gasteiger charge is 2.10. The van der Waals surface area contributed by atoms with E-state index in [1.54, 1.807) is 10.8 Å². The molecule has 0 aliphatic rings. The first-order valence-electron chi connectivity index (χ1n) is 7.18. The molecule has 0 fully saturated rings. The van der Waals surface area contributed by atoms with Crippen LogP contribution in [0.1, 0.15) is 17.8 Å². The molecule has 114 valence electrons. The topological polar surface area (TPSA) is 82.7 Å². The number of benzene rings is 1. The van der Waals surface area contributed by atoms with Crippen LogP contribution < -0.4 is 11.0 Å². The molecule has 0 saturated heterocycles. The monoisotopic (exact) mass is 298 g/mol. The van der Waals surface area contributed by atoms with Gasteiger partial charge >= 0.3 is 5.69 Å². The predicted molar refractivity (Wildman–Crippen MR) is 86.1 cm³/mol. The molecule has 2 aromatic heterocycles. The summed E-state index contributed by atoms with van der Waals surface area (Å²) in [5.74, 6) is -0.116. The van der Waals surface area contributed by atoms with Crippen LogP contribution in [-0.2, 0) is 11.3 Å². The maximum absolute atomic E-state index is 12.1. The number of fused-ring (bicyclic) bond motifs is 1. The van der Waals surface area contributed by atoms with Gasteiger partial charge in [-0.05, 0) is 19.9 Å². The van der Waals surface area contributed by atoms with Gasteiger partial charge in [-0.3, -0.25) is 9.36 Å². The number of aryl methyl sites for hydroxylation is 1. The zero-order chi connectivity index (χ0) is 15.7. The Balaban J connectivity index is 1.69. The Bertz CT molecular complexity index is 885. The third-order valence-electron chi connectivity index (χ3n) is 3.91. The maximum atomic E-state index is 12.1. The van der Waals surface area contributed by atoms with Crippen LogP contribution in [0.5, 0.6) is 0 Å². The summed E-state index contributed by atoms with van der Waals surface area (Å²) in [7, 11) is 0. The summed E-state index contributed by atoms with van der Waals surface area (Å²) in [5.41, 5.74) is 3.27. The van der Waals surface area contributed by atoms with E-state index in [1.165, 1.54) is 0 Å². The molecule has 0 radical (unpaired) electrons. The number of nitrogens with one attached hydrogen (secondary N) is 3. The van der Waals surface area contributed by atoms with Gasteiger partial charge in [0, 0.05) is 41.5 Å². The molecule has 3 aromatic rings. The highest BCUT2D eigenvalue weighted by atomic mass is 16.2. The van der Waals surface area contributed by atoms with E-state index in [9.17, 15) is 9.59 Å². The Morgan fingerprint density at radius 1 is 1.27 bits per heavy atom. The number of aromatic nitrogens is 3. The lowest BCUT2D eigenvalue weighted by molar-refractivity contribution is -0.116. The summed E-state index contributed by atoms with van der Waals surface area (Å²) >= 11 is 0. The van der Waals surface area contributed by atoms with E-state index in [2.05, 4.69) is 15.3 Å². The molecule has 6 nitrogen and oxygen atoms in total. The summed E-state index contributed by atoms with van der Waals surface area (Å²) in [5, 5.41) is 3.86. The van der Waals surface area contributed by atoms with Crippen molar-refractivity contribution in [3.8, 4) is 0 Å². The fourth-order valence-electron chi connectivity index (χ4n) is 2.54. The summed E-state index contributed by atoms with van der Waals surface area (Å²) in [6.07, 6.45) is 2.03. The molecule has 3 N–H and O–H groups in total. The predicted octanol–water partition coefficient (Wildman–Crippen LogP) is 2.30. The standard InChI is InChI=1S/C16H18N4O2/c1-10-11(2)20(16(22)18-10)8-7-15(21)19-14-9-17-13-6-4-3-5-12(13)14/h3-6,9,17H,7-8H2,1-2H3,(H,18,22)(H,19,21). The van der Waals surface area contributed by atoms with Crippen LogP contribution in [0.15, 0.2) is 35.3 Å². The molecular weight excluding hydrogens is 280 g/mol. The van der Waals surface area contributed by atoms with Crippen LogP contribution in [0, 0.1) is 13.8 Å². The van der Waals surface area contributed by atoms with Gasteiger partial charge in [-0.1, -0.05) is 18.2 Å². The number of hydrogen-bond donors (Lipinski definition) is 3. The molecule has 3 rings (SSSR count). The largest absolute Gasteiger partial charge is 0.359 e. The number of rotatable bonds is 4. The minimum absolute atomic E-state index is 0.116. The van der Waals surface area contributed by atoms with Crippen molar-refractivity contribution in [3.05, 3.63) is 52.3 Å². The van der Waals surface area contributed by atoms with Gasteiger partial charge in [0.2, 0.25) is 5.91 Å². The van der Waals surface area contributed by atoms with Crippen LogP contribution in [0.4, 0.5) is 5.69 Å². The molecular formula is C16H18N4O2. The highest BCUT2D eigenvalue weighted by Crippen LogP contribution is 2.22. The summed E-state index contributed by atoms with van der Waals surface area (Å²) in [6, 6.07) is 7.77. The molecule has 1 aromatic carbocycles. The summed E-state index contributed by atoms with van der Waals surface area (Å²) in [4.78, 5) is 29.7. The van der Waals surface area contributed by atoms with Gasteiger partial charge in [0.1, 0.15) is 0 Å². The first kappa shape index (κ1) is 14.2. The number of imidazole rings is 1. The number of nitrogens with zero attached hydrogens (tertiary/aromatic N) is 1. The van der Waals surface area contributed by atoms with E-state index < -0.39 is 0 Å². The second kappa shape index (κ2) is 5.55. The molecule has 0 bridgehead atoms. The van der Waals surface area contributed by atoms with Crippen LogP contribution in [0.2, 0.25) is 0 Å². The van der Waals surface area contributed by atoms with Crippen molar-refractivity contribution in [2.75, 3.05) is 5.32 Å². The average molecular weight is 298 g/mol. The SMILES string of the molecule is Cc1[nH]c(=O)n(CCC(=O)Nc2c[nH]c3ccccc23)c1C. The number of anilines is 1. The van der Waals surface area contributed by atoms with Crippen LogP contribution in [0.3, 0.4) is 0 Å². The molecule has 0 atom stereocenters. The molecule has 1 amide bonds. The molecule has 0 unspecified atom stereocenters. The van der Waals surface area contributed by atoms with Crippen molar-refractivity contribution >= 4 is 22.5 Å². The second-order valence-corrected chi connectivity index (χ2v) is 5.34. The van der Waals surface area contributed by atoms with Gasteiger partial charge in [-0.2, -0.15) is 0 Å². The Hall–Kier alpha value is -2.76. The molecule has 2 heterocycles. The number of hydrogen-bond acceptors (Lipinski definition) is 2. The molecule has 0 aliphatic heterocycles. The number of carbonyl (C=O) groups is 1. The lowest BCUT2D eigenvalue weighted by Crippen LogP contribution is -2.22. The Morgan fingerprint density at radius 3 is 2.77 bits per heavy atom.